The Morgan fingerprint density at radius 2 is 1.94 bits per heavy atom. The summed E-state index contributed by atoms with van der Waals surface area (Å²) in [4.78, 5) is 25.4. The monoisotopic (exact) mass is 429 g/mol. The van der Waals surface area contributed by atoms with Crippen molar-refractivity contribution in [3.63, 3.8) is 0 Å². The Balaban J connectivity index is 1.40. The van der Waals surface area contributed by atoms with E-state index in [2.05, 4.69) is 32.1 Å². The van der Waals surface area contributed by atoms with Crippen LogP contribution in [0.5, 0.6) is 0 Å². The molecule has 0 radical (unpaired) electrons. The van der Waals surface area contributed by atoms with Gasteiger partial charge in [0.1, 0.15) is 6.10 Å². The quantitative estimate of drug-likeness (QED) is 0.450. The van der Waals surface area contributed by atoms with Crippen LogP contribution in [0, 0.1) is 39.4 Å². The number of rotatable bonds is 3. The van der Waals surface area contributed by atoms with Crippen molar-refractivity contribution in [2.45, 2.75) is 64.9 Å². The third-order valence-corrected chi connectivity index (χ3v) is 9.46. The molecule has 0 spiro atoms. The molecule has 0 heterocycles. The van der Waals surface area contributed by atoms with E-state index >= 15 is 0 Å². The number of hydrogen-bond donors (Lipinski definition) is 0. The average molecular weight is 430 g/mol. The highest BCUT2D eigenvalue weighted by Crippen LogP contribution is 2.68. The largest absolute Gasteiger partial charge is 0.458 e. The van der Waals surface area contributed by atoms with Crippen LogP contribution in [0.2, 0.25) is 0 Å². The van der Waals surface area contributed by atoms with Crippen molar-refractivity contribution in [1.29, 1.82) is 5.26 Å². The minimum atomic E-state index is -0.450. The zero-order chi connectivity index (χ0) is 22.6. The maximum atomic E-state index is 12.8. The van der Waals surface area contributed by atoms with E-state index in [4.69, 9.17) is 4.74 Å². The van der Waals surface area contributed by atoms with Gasteiger partial charge in [-0.1, -0.05) is 49.8 Å². The molecule has 1 aromatic rings. The Labute approximate surface area is 190 Å². The van der Waals surface area contributed by atoms with E-state index in [1.807, 2.05) is 18.2 Å². The van der Waals surface area contributed by atoms with Crippen LogP contribution in [0.3, 0.4) is 0 Å². The molecule has 5 rings (SSSR count). The van der Waals surface area contributed by atoms with Crippen LogP contribution < -0.4 is 0 Å². The zero-order valence-corrected chi connectivity index (χ0v) is 19.0. The number of ether oxygens (including phenoxy) is 1. The number of ketones is 1. The molecule has 32 heavy (non-hydrogen) atoms. The molecule has 4 aliphatic rings. The molecule has 4 aliphatic carbocycles. The lowest BCUT2D eigenvalue weighted by atomic mass is 9.42. The second kappa shape index (κ2) is 7.44. The van der Waals surface area contributed by atoms with Crippen LogP contribution in [-0.2, 0) is 9.53 Å². The van der Waals surface area contributed by atoms with E-state index in [0.717, 1.165) is 38.5 Å². The Bertz CT molecular complexity index is 1050. The molecule has 0 aliphatic heterocycles. The average Bonchev–Trinajstić information content (AvgIpc) is 3.06. The van der Waals surface area contributed by atoms with Crippen molar-refractivity contribution in [3.8, 4) is 6.07 Å². The molecule has 0 aromatic heterocycles. The molecule has 0 saturated heterocycles. The number of allylic oxidation sites excluding steroid dienone is 3. The SMILES string of the molecule is C[C@]12CC[C@H](OC(=O)c3ccccc3)CC1=CC[C@@H]1[C@@H]2CC[C@]2(C)C(=O)C=C[C@]12CC#N. The number of carbonyl (C=O) groups excluding carboxylic acids is 2. The number of hydrogen-bond acceptors (Lipinski definition) is 4. The third-order valence-electron chi connectivity index (χ3n) is 9.46. The first-order valence-electron chi connectivity index (χ1n) is 11.9. The van der Waals surface area contributed by atoms with Gasteiger partial charge in [0.2, 0.25) is 0 Å². The molecular formula is C28H31NO3. The lowest BCUT2D eigenvalue weighted by Gasteiger charge is -2.61. The van der Waals surface area contributed by atoms with Crippen molar-refractivity contribution in [1.82, 2.24) is 0 Å². The van der Waals surface area contributed by atoms with Crippen molar-refractivity contribution < 1.29 is 14.3 Å². The fourth-order valence-electron chi connectivity index (χ4n) is 7.47. The first-order valence-corrected chi connectivity index (χ1v) is 11.9. The Morgan fingerprint density at radius 1 is 1.16 bits per heavy atom. The van der Waals surface area contributed by atoms with Gasteiger partial charge in [-0.15, -0.1) is 0 Å². The lowest BCUT2D eigenvalue weighted by Crippen LogP contribution is -2.56. The van der Waals surface area contributed by atoms with Crippen LogP contribution in [0.1, 0.15) is 69.2 Å². The molecule has 2 fully saturated rings. The van der Waals surface area contributed by atoms with Gasteiger partial charge in [0.25, 0.3) is 0 Å². The van der Waals surface area contributed by atoms with E-state index in [1.165, 1.54) is 5.57 Å². The number of esters is 1. The van der Waals surface area contributed by atoms with Gasteiger partial charge in [-0.3, -0.25) is 4.79 Å². The molecule has 1 aromatic carbocycles. The lowest BCUT2D eigenvalue weighted by molar-refractivity contribution is -0.140. The van der Waals surface area contributed by atoms with Crippen LogP contribution in [-0.4, -0.2) is 17.9 Å². The van der Waals surface area contributed by atoms with E-state index in [-0.39, 0.29) is 28.7 Å². The highest BCUT2D eigenvalue weighted by Gasteiger charge is 2.65. The normalized spacial score (nSPS) is 39.8. The molecule has 0 amide bonds. The number of carbonyl (C=O) groups is 2. The second-order valence-electron chi connectivity index (χ2n) is 10.7. The summed E-state index contributed by atoms with van der Waals surface area (Å²) in [6, 6.07) is 11.6. The van der Waals surface area contributed by atoms with E-state index in [1.54, 1.807) is 18.2 Å². The Morgan fingerprint density at radius 3 is 2.69 bits per heavy atom. The zero-order valence-electron chi connectivity index (χ0n) is 19.0. The summed E-state index contributed by atoms with van der Waals surface area (Å²) in [6.07, 6.45) is 11.9. The van der Waals surface area contributed by atoms with E-state index in [0.29, 0.717) is 23.8 Å². The van der Waals surface area contributed by atoms with Crippen LogP contribution in [0.25, 0.3) is 0 Å². The van der Waals surface area contributed by atoms with Gasteiger partial charge >= 0.3 is 5.97 Å². The first kappa shape index (κ1) is 21.2. The predicted molar refractivity (Wildman–Crippen MR) is 121 cm³/mol. The van der Waals surface area contributed by atoms with Crippen molar-refractivity contribution in [2.24, 2.45) is 28.1 Å². The van der Waals surface area contributed by atoms with Gasteiger partial charge in [-0.05, 0) is 67.6 Å². The third kappa shape index (κ3) is 2.86. The summed E-state index contributed by atoms with van der Waals surface area (Å²) < 4.78 is 5.89. The van der Waals surface area contributed by atoms with Gasteiger partial charge in [0, 0.05) is 23.7 Å². The summed E-state index contributed by atoms with van der Waals surface area (Å²) in [5.41, 5.74) is 1.24. The molecule has 0 N–H and O–H groups in total. The van der Waals surface area contributed by atoms with Gasteiger partial charge < -0.3 is 4.74 Å². The van der Waals surface area contributed by atoms with Gasteiger partial charge in [0.15, 0.2) is 5.78 Å². The molecule has 2 saturated carbocycles. The number of fused-ring (bicyclic) bond motifs is 5. The topological polar surface area (TPSA) is 67.2 Å². The molecule has 4 nitrogen and oxygen atoms in total. The minimum Gasteiger partial charge on any atom is -0.458 e. The predicted octanol–water partition coefficient (Wildman–Crippen LogP) is 5.80. The Kier molecular flexibility index (Phi) is 4.93. The van der Waals surface area contributed by atoms with Gasteiger partial charge in [-0.25, -0.2) is 4.79 Å². The van der Waals surface area contributed by atoms with Crippen molar-refractivity contribution in [3.05, 3.63) is 59.7 Å². The van der Waals surface area contributed by atoms with Crippen molar-refractivity contribution in [2.75, 3.05) is 0 Å². The first-order chi connectivity index (χ1) is 15.3. The molecule has 0 bridgehead atoms. The number of nitrogens with zero attached hydrogens (tertiary/aromatic N) is 1. The molecular weight excluding hydrogens is 398 g/mol. The van der Waals surface area contributed by atoms with E-state index in [9.17, 15) is 14.9 Å². The second-order valence-corrected chi connectivity index (χ2v) is 10.7. The maximum absolute atomic E-state index is 12.8. The van der Waals surface area contributed by atoms with E-state index < -0.39 is 5.41 Å². The molecule has 6 atom stereocenters. The van der Waals surface area contributed by atoms with Crippen LogP contribution >= 0.6 is 0 Å². The number of nitriles is 1. The summed E-state index contributed by atoms with van der Waals surface area (Å²) in [7, 11) is 0. The summed E-state index contributed by atoms with van der Waals surface area (Å²) in [5, 5.41) is 9.70. The van der Waals surface area contributed by atoms with Crippen molar-refractivity contribution >= 4 is 11.8 Å². The fourth-order valence-corrected chi connectivity index (χ4v) is 7.47. The summed E-state index contributed by atoms with van der Waals surface area (Å²) >= 11 is 0. The maximum Gasteiger partial charge on any atom is 0.338 e. The van der Waals surface area contributed by atoms with Crippen LogP contribution in [0.15, 0.2) is 54.1 Å². The standard InChI is InChI=1S/C28H31NO3/c1-26-13-10-21(32-25(31)19-6-4-3-5-7-19)18-20(26)8-9-23-22(26)11-14-27(2)24(30)12-15-28(23,27)16-17-29/h3-8,12,15,21-23H,9-11,13-14,16,18H2,1-2H3/t21-,22-,23+,26-,27+,28-/m0/s1. The minimum absolute atomic E-state index is 0.0435. The molecule has 166 valence electrons. The molecule has 0 unspecified atom stereocenters. The van der Waals surface area contributed by atoms with Gasteiger partial charge in [-0.2, -0.15) is 5.26 Å². The number of benzene rings is 1. The smallest absolute Gasteiger partial charge is 0.338 e. The summed E-state index contributed by atoms with van der Waals surface area (Å²) in [6.45, 7) is 4.46. The highest BCUT2D eigenvalue weighted by molar-refractivity contribution is 5.98. The molecule has 4 heteroatoms. The summed E-state index contributed by atoms with van der Waals surface area (Å²) in [5.74, 6) is 0.707. The highest BCUT2D eigenvalue weighted by atomic mass is 16.5. The van der Waals surface area contributed by atoms with Gasteiger partial charge in [0.05, 0.1) is 11.6 Å². The Hall–Kier alpha value is -2.67. The van der Waals surface area contributed by atoms with Crippen LogP contribution in [0.4, 0.5) is 0 Å². The fraction of sp³-hybridized carbons (Fsp3) is 0.536.